The zero-order valence-corrected chi connectivity index (χ0v) is 25.4. The highest BCUT2D eigenvalue weighted by Crippen LogP contribution is 2.53. The minimum absolute atomic E-state index is 0.0578. The van der Waals surface area contributed by atoms with Gasteiger partial charge in [0.15, 0.2) is 5.82 Å². The van der Waals surface area contributed by atoms with E-state index in [-0.39, 0.29) is 71.3 Å². The SMILES string of the molecule is COC1=CC(C(=O)NC[C@H](c2cc3c(c(-c4ccc(F)c(Cl)c4F)n2)OC[C@]3(C)C(N)=O)C2(F)CC2)=C/C(=C/[NH2+]C2CC2)C1=N. The summed E-state index contributed by atoms with van der Waals surface area (Å²) < 4.78 is 56.5. The second-order valence-electron chi connectivity index (χ2n) is 12.1. The van der Waals surface area contributed by atoms with Crippen LogP contribution in [0.1, 0.15) is 49.8 Å². The van der Waals surface area contributed by atoms with Crippen molar-refractivity contribution in [1.82, 2.24) is 10.3 Å². The van der Waals surface area contributed by atoms with E-state index in [0.717, 1.165) is 25.0 Å². The molecule has 2 saturated carbocycles. The van der Waals surface area contributed by atoms with Gasteiger partial charge in [0.05, 0.1) is 24.6 Å². The number of amides is 2. The highest BCUT2D eigenvalue weighted by molar-refractivity contribution is 6.31. The maximum atomic E-state index is 16.0. The fraction of sp³-hybridized carbons (Fsp3) is 0.375. The molecule has 0 unspecified atom stereocenters. The van der Waals surface area contributed by atoms with Crippen molar-refractivity contribution in [3.8, 4) is 17.0 Å². The molecular weight excluding hydrogens is 611 g/mol. The minimum Gasteiger partial charge on any atom is -0.494 e. The first kappa shape index (κ1) is 30.8. The monoisotopic (exact) mass is 642 g/mol. The molecule has 0 bridgehead atoms. The number of hydrogen-bond donors (Lipinski definition) is 4. The van der Waals surface area contributed by atoms with Gasteiger partial charge in [0.1, 0.15) is 57.6 Å². The van der Waals surface area contributed by atoms with E-state index >= 15 is 8.78 Å². The number of nitrogens with two attached hydrogens (primary N) is 2. The number of carbonyl (C=O) groups excluding carboxylic acids is 2. The van der Waals surface area contributed by atoms with Crippen LogP contribution in [-0.2, 0) is 19.7 Å². The number of aromatic nitrogens is 1. The zero-order valence-electron chi connectivity index (χ0n) is 24.6. The van der Waals surface area contributed by atoms with E-state index in [4.69, 9.17) is 32.2 Å². The summed E-state index contributed by atoms with van der Waals surface area (Å²) in [5.41, 5.74) is 3.66. The molecular formula is C32H32ClF3N5O4+. The van der Waals surface area contributed by atoms with Gasteiger partial charge in [-0.25, -0.2) is 18.2 Å². The van der Waals surface area contributed by atoms with Crippen LogP contribution in [0.2, 0.25) is 5.02 Å². The number of fused-ring (bicyclic) bond motifs is 1. The average Bonchev–Trinajstić information content (AvgIpc) is 3.95. The van der Waals surface area contributed by atoms with Crippen LogP contribution in [0.25, 0.3) is 11.3 Å². The molecule has 236 valence electrons. The normalized spacial score (nSPS) is 23.1. The number of carbonyl (C=O) groups is 2. The number of primary amides is 1. The Morgan fingerprint density at radius 3 is 2.69 bits per heavy atom. The maximum absolute atomic E-state index is 16.0. The van der Waals surface area contributed by atoms with Crippen LogP contribution < -0.4 is 21.1 Å². The molecule has 2 fully saturated rings. The second-order valence-corrected chi connectivity index (χ2v) is 12.5. The molecule has 1 aliphatic heterocycles. The van der Waals surface area contributed by atoms with Gasteiger partial charge in [-0.15, -0.1) is 0 Å². The molecule has 2 atom stereocenters. The lowest BCUT2D eigenvalue weighted by Crippen LogP contribution is -2.80. The molecule has 13 heteroatoms. The van der Waals surface area contributed by atoms with E-state index in [1.165, 1.54) is 19.3 Å². The fourth-order valence-corrected chi connectivity index (χ4v) is 5.75. The summed E-state index contributed by atoms with van der Waals surface area (Å²) in [4.78, 5) is 30.6. The largest absolute Gasteiger partial charge is 0.494 e. The number of methoxy groups -OCH3 is 1. The zero-order chi connectivity index (χ0) is 32.3. The van der Waals surface area contributed by atoms with E-state index in [9.17, 15) is 14.0 Å². The maximum Gasteiger partial charge on any atom is 0.251 e. The van der Waals surface area contributed by atoms with Gasteiger partial charge in [-0.3, -0.25) is 15.0 Å². The predicted molar refractivity (Wildman–Crippen MR) is 159 cm³/mol. The number of allylic oxidation sites excluding steroid dienone is 2. The number of nitrogens with one attached hydrogen (secondary N) is 2. The molecule has 1 aromatic heterocycles. The molecule has 6 N–H and O–H groups in total. The lowest BCUT2D eigenvalue weighted by molar-refractivity contribution is -0.602. The molecule has 4 aliphatic rings. The van der Waals surface area contributed by atoms with E-state index in [1.54, 1.807) is 19.2 Å². The van der Waals surface area contributed by atoms with Crippen molar-refractivity contribution >= 4 is 29.1 Å². The number of ether oxygens (including phenoxy) is 2. The van der Waals surface area contributed by atoms with Crippen molar-refractivity contribution in [1.29, 1.82) is 5.41 Å². The Labute approximate surface area is 262 Å². The van der Waals surface area contributed by atoms with Crippen LogP contribution >= 0.6 is 11.6 Å². The Morgan fingerprint density at radius 2 is 2.04 bits per heavy atom. The number of benzene rings is 1. The molecule has 1 aromatic carbocycles. The van der Waals surface area contributed by atoms with Crippen molar-refractivity contribution in [3.63, 3.8) is 0 Å². The second kappa shape index (κ2) is 11.3. The summed E-state index contributed by atoms with van der Waals surface area (Å²) in [5, 5.41) is 12.5. The highest BCUT2D eigenvalue weighted by atomic mass is 35.5. The van der Waals surface area contributed by atoms with Gasteiger partial charge in [0.25, 0.3) is 5.91 Å². The van der Waals surface area contributed by atoms with Crippen molar-refractivity contribution in [2.45, 2.75) is 55.7 Å². The van der Waals surface area contributed by atoms with E-state index in [1.807, 2.05) is 5.32 Å². The molecule has 2 aromatic rings. The van der Waals surface area contributed by atoms with Crippen LogP contribution in [0.15, 0.2) is 53.5 Å². The third-order valence-electron chi connectivity index (χ3n) is 8.89. The van der Waals surface area contributed by atoms with Crippen molar-refractivity contribution in [3.05, 3.63) is 81.4 Å². The topological polar surface area (TPSA) is 144 Å². The van der Waals surface area contributed by atoms with Crippen molar-refractivity contribution in [2.75, 3.05) is 20.3 Å². The van der Waals surface area contributed by atoms with Gasteiger partial charge >= 0.3 is 0 Å². The Hall–Kier alpha value is -4.16. The summed E-state index contributed by atoms with van der Waals surface area (Å²) in [6.07, 6.45) is 7.39. The average molecular weight is 643 g/mol. The van der Waals surface area contributed by atoms with Gasteiger partial charge in [-0.2, -0.15) is 0 Å². The molecule has 45 heavy (non-hydrogen) atoms. The minimum atomic E-state index is -1.74. The Kier molecular flexibility index (Phi) is 7.77. The Balaban J connectivity index is 1.37. The number of alkyl halides is 1. The Morgan fingerprint density at radius 1 is 1.31 bits per heavy atom. The van der Waals surface area contributed by atoms with Gasteiger partial charge in [0, 0.05) is 41.8 Å². The standard InChI is InChI=1S/C32H31ClF3N5O4/c1-31(30(38)43)14-45-28-19(31)11-22(41-27(28)18-5-6-21(34)24(33)25(18)35)20(32(36)7-8-32)13-40-29(42)15-9-16(12-39-17-3-4-17)26(37)23(10-15)44-2/h5-6,9-12,17,20,37,39H,3-4,7-8,13-14H2,1-2H3,(H2,38,43)(H,40,42)/p+1/b16-12-,37-26?/t20-,31+/m1/s1. The van der Waals surface area contributed by atoms with E-state index in [0.29, 0.717) is 11.6 Å². The van der Waals surface area contributed by atoms with Gasteiger partial charge in [0.2, 0.25) is 5.91 Å². The molecule has 0 radical (unpaired) electrons. The third-order valence-corrected chi connectivity index (χ3v) is 9.23. The summed E-state index contributed by atoms with van der Waals surface area (Å²) in [7, 11) is 1.41. The van der Waals surface area contributed by atoms with E-state index < -0.39 is 45.5 Å². The lowest BCUT2D eigenvalue weighted by Gasteiger charge is -2.25. The predicted octanol–water partition coefficient (Wildman–Crippen LogP) is 3.62. The molecule has 2 heterocycles. The molecule has 0 spiro atoms. The van der Waals surface area contributed by atoms with Crippen LogP contribution in [0, 0.1) is 17.0 Å². The number of pyridine rings is 1. The highest BCUT2D eigenvalue weighted by Gasteiger charge is 2.53. The Bertz CT molecular complexity index is 1730. The lowest BCUT2D eigenvalue weighted by atomic mass is 9.81. The smallest absolute Gasteiger partial charge is 0.251 e. The fourth-order valence-electron chi connectivity index (χ4n) is 5.58. The summed E-state index contributed by atoms with van der Waals surface area (Å²) in [6.45, 7) is 1.19. The summed E-state index contributed by atoms with van der Waals surface area (Å²) in [6, 6.07) is 4.08. The number of quaternary nitrogens is 1. The first-order chi connectivity index (χ1) is 21.4. The van der Waals surface area contributed by atoms with Crippen LogP contribution in [0.4, 0.5) is 13.2 Å². The van der Waals surface area contributed by atoms with Crippen LogP contribution in [0.3, 0.4) is 0 Å². The van der Waals surface area contributed by atoms with Gasteiger partial charge in [-0.05, 0) is 50.1 Å². The van der Waals surface area contributed by atoms with E-state index in [2.05, 4.69) is 10.3 Å². The first-order valence-electron chi connectivity index (χ1n) is 14.6. The molecule has 9 nitrogen and oxygen atoms in total. The third kappa shape index (κ3) is 5.61. The number of halogens is 4. The number of nitrogens with zero attached hydrogens (tertiary/aromatic N) is 1. The molecule has 0 saturated heterocycles. The summed E-state index contributed by atoms with van der Waals surface area (Å²) in [5.74, 6) is -4.04. The van der Waals surface area contributed by atoms with Crippen molar-refractivity contribution in [2.24, 2.45) is 5.73 Å². The van der Waals surface area contributed by atoms with Gasteiger partial charge < -0.3 is 25.8 Å². The van der Waals surface area contributed by atoms with Crippen LogP contribution in [-0.4, -0.2) is 54.5 Å². The molecule has 6 rings (SSSR count). The summed E-state index contributed by atoms with van der Waals surface area (Å²) >= 11 is 5.87. The number of rotatable bonds is 10. The first-order valence-corrected chi connectivity index (χ1v) is 14.9. The van der Waals surface area contributed by atoms with Crippen molar-refractivity contribution < 1.29 is 37.6 Å². The van der Waals surface area contributed by atoms with Gasteiger partial charge in [-0.1, -0.05) is 11.6 Å². The quantitative estimate of drug-likeness (QED) is 0.293. The van der Waals surface area contributed by atoms with Crippen LogP contribution in [0.5, 0.6) is 5.75 Å². The number of hydrogen-bond acceptors (Lipinski definition) is 6. The molecule has 3 aliphatic carbocycles. The molecule has 2 amide bonds.